The second kappa shape index (κ2) is 7.31. The summed E-state index contributed by atoms with van der Waals surface area (Å²) in [7, 11) is 3.81. The number of methoxy groups -OCH3 is 1. The Morgan fingerprint density at radius 3 is 2.59 bits per heavy atom. The average Bonchev–Trinajstić information content (AvgIpc) is 2.70. The van der Waals surface area contributed by atoms with Crippen molar-refractivity contribution in [1.82, 2.24) is 4.90 Å². The molecular weight excluding hydrogens is 216 g/mol. The molecule has 0 bridgehead atoms. The molecule has 0 aromatic heterocycles. The Bertz CT molecular complexity index is 206. The summed E-state index contributed by atoms with van der Waals surface area (Å²) >= 11 is 0. The highest BCUT2D eigenvalue weighted by Gasteiger charge is 2.33. The Kier molecular flexibility index (Phi) is 6.41. The highest BCUT2D eigenvalue weighted by Crippen LogP contribution is 2.30. The molecule has 0 amide bonds. The Labute approximate surface area is 105 Å². The molecule has 1 unspecified atom stereocenters. The van der Waals surface area contributed by atoms with Crippen LogP contribution in [0.3, 0.4) is 0 Å². The van der Waals surface area contributed by atoms with E-state index in [0.717, 1.165) is 51.6 Å². The number of nitrogens with zero attached hydrogens (tertiary/aromatic N) is 1. The first-order valence-electron chi connectivity index (χ1n) is 6.73. The van der Waals surface area contributed by atoms with Gasteiger partial charge in [0.25, 0.3) is 0 Å². The first kappa shape index (κ1) is 14.9. The monoisotopic (exact) mass is 244 g/mol. The summed E-state index contributed by atoms with van der Waals surface area (Å²) in [6.45, 7) is 2.19. The molecule has 102 valence electrons. The van der Waals surface area contributed by atoms with Crippen molar-refractivity contribution in [2.75, 3.05) is 33.9 Å². The molecule has 3 N–H and O–H groups in total. The van der Waals surface area contributed by atoms with E-state index in [2.05, 4.69) is 11.9 Å². The zero-order chi connectivity index (χ0) is 12.7. The van der Waals surface area contributed by atoms with Crippen LogP contribution in [-0.4, -0.2) is 55.5 Å². The quantitative estimate of drug-likeness (QED) is 0.668. The Morgan fingerprint density at radius 1 is 1.41 bits per heavy atom. The molecule has 0 radical (unpaired) electrons. The van der Waals surface area contributed by atoms with Gasteiger partial charge in [0.15, 0.2) is 0 Å². The van der Waals surface area contributed by atoms with Gasteiger partial charge in [-0.3, -0.25) is 4.90 Å². The van der Waals surface area contributed by atoms with E-state index < -0.39 is 5.60 Å². The van der Waals surface area contributed by atoms with Crippen LogP contribution < -0.4 is 5.73 Å². The molecule has 1 saturated carbocycles. The molecule has 0 heterocycles. The van der Waals surface area contributed by atoms with Gasteiger partial charge in [0.2, 0.25) is 0 Å². The highest BCUT2D eigenvalue weighted by atomic mass is 16.5. The predicted molar refractivity (Wildman–Crippen MR) is 70.0 cm³/mol. The Morgan fingerprint density at radius 2 is 2.06 bits per heavy atom. The second-order valence-corrected chi connectivity index (χ2v) is 5.39. The van der Waals surface area contributed by atoms with Crippen LogP contribution in [0.1, 0.15) is 38.5 Å². The molecule has 17 heavy (non-hydrogen) atoms. The largest absolute Gasteiger partial charge is 0.389 e. The van der Waals surface area contributed by atoms with Gasteiger partial charge in [0.1, 0.15) is 0 Å². The van der Waals surface area contributed by atoms with E-state index in [1.165, 1.54) is 0 Å². The van der Waals surface area contributed by atoms with E-state index in [1.807, 2.05) is 0 Å². The number of ether oxygens (including phenoxy) is 1. The fraction of sp³-hybridized carbons (Fsp3) is 1.00. The summed E-state index contributed by atoms with van der Waals surface area (Å²) in [5.41, 5.74) is 5.09. The van der Waals surface area contributed by atoms with Crippen LogP contribution in [0.25, 0.3) is 0 Å². The summed E-state index contributed by atoms with van der Waals surface area (Å²) in [5.74, 6) is 0. The van der Waals surface area contributed by atoms with Gasteiger partial charge in [-0.1, -0.05) is 12.8 Å². The molecule has 0 spiro atoms. The number of rotatable bonds is 8. The maximum atomic E-state index is 10.4. The smallest absolute Gasteiger partial charge is 0.0774 e. The lowest BCUT2D eigenvalue weighted by Gasteiger charge is -2.34. The fourth-order valence-electron chi connectivity index (χ4n) is 2.76. The van der Waals surface area contributed by atoms with Crippen LogP contribution in [0.15, 0.2) is 0 Å². The number of aliphatic hydroxyl groups is 1. The van der Waals surface area contributed by atoms with Crippen molar-refractivity contribution in [3.63, 3.8) is 0 Å². The second-order valence-electron chi connectivity index (χ2n) is 5.39. The fourth-order valence-corrected chi connectivity index (χ4v) is 2.76. The maximum Gasteiger partial charge on any atom is 0.0774 e. The molecule has 4 heteroatoms. The van der Waals surface area contributed by atoms with E-state index in [-0.39, 0.29) is 0 Å². The van der Waals surface area contributed by atoms with Gasteiger partial charge in [-0.15, -0.1) is 0 Å². The third-order valence-electron chi connectivity index (χ3n) is 3.80. The van der Waals surface area contributed by atoms with Gasteiger partial charge in [0.05, 0.1) is 12.2 Å². The van der Waals surface area contributed by atoms with Crippen molar-refractivity contribution in [3.8, 4) is 0 Å². The molecule has 0 aromatic rings. The molecule has 0 saturated heterocycles. The van der Waals surface area contributed by atoms with Crippen LogP contribution in [0.2, 0.25) is 0 Å². The van der Waals surface area contributed by atoms with E-state index in [4.69, 9.17) is 10.5 Å². The third-order valence-corrected chi connectivity index (χ3v) is 3.80. The summed E-state index contributed by atoms with van der Waals surface area (Å²) < 4.78 is 5.26. The average molecular weight is 244 g/mol. The topological polar surface area (TPSA) is 58.7 Å². The summed E-state index contributed by atoms with van der Waals surface area (Å²) in [6, 6.07) is 0.369. The first-order valence-corrected chi connectivity index (χ1v) is 6.73. The van der Waals surface area contributed by atoms with Crippen molar-refractivity contribution >= 4 is 0 Å². The van der Waals surface area contributed by atoms with Gasteiger partial charge in [0, 0.05) is 19.7 Å². The molecule has 1 aliphatic carbocycles. The minimum Gasteiger partial charge on any atom is -0.389 e. The van der Waals surface area contributed by atoms with E-state index in [0.29, 0.717) is 12.6 Å². The number of likely N-dealkylation sites (N-methyl/N-ethyl adjacent to an activating group) is 1. The predicted octanol–water partition coefficient (Wildman–Crippen LogP) is 0.977. The lowest BCUT2D eigenvalue weighted by Crippen LogP contribution is -2.45. The van der Waals surface area contributed by atoms with Crippen LogP contribution in [0.5, 0.6) is 0 Å². The molecule has 1 fully saturated rings. The van der Waals surface area contributed by atoms with E-state index in [1.54, 1.807) is 7.11 Å². The molecular formula is C13H28N2O2. The van der Waals surface area contributed by atoms with E-state index >= 15 is 0 Å². The van der Waals surface area contributed by atoms with Crippen molar-refractivity contribution in [2.24, 2.45) is 5.73 Å². The van der Waals surface area contributed by atoms with Crippen LogP contribution in [0.4, 0.5) is 0 Å². The normalized spacial score (nSPS) is 21.0. The molecule has 1 rings (SSSR count). The minimum absolute atomic E-state index is 0.369. The van der Waals surface area contributed by atoms with Crippen LogP contribution >= 0.6 is 0 Å². The van der Waals surface area contributed by atoms with Crippen molar-refractivity contribution in [2.45, 2.75) is 50.2 Å². The van der Waals surface area contributed by atoms with Crippen LogP contribution in [-0.2, 0) is 4.74 Å². The van der Waals surface area contributed by atoms with Crippen molar-refractivity contribution < 1.29 is 9.84 Å². The SMILES string of the molecule is COCC(CCCN)N(C)CC1(O)CCCC1. The van der Waals surface area contributed by atoms with Gasteiger partial charge >= 0.3 is 0 Å². The molecule has 4 nitrogen and oxygen atoms in total. The van der Waals surface area contributed by atoms with E-state index in [9.17, 15) is 5.11 Å². The van der Waals surface area contributed by atoms with Gasteiger partial charge in [-0.05, 0) is 39.3 Å². The Balaban J connectivity index is 2.42. The molecule has 1 atom stereocenters. The number of hydrogen-bond donors (Lipinski definition) is 2. The first-order chi connectivity index (χ1) is 8.11. The lowest BCUT2D eigenvalue weighted by atomic mass is 10.0. The summed E-state index contributed by atoms with van der Waals surface area (Å²) in [4.78, 5) is 2.24. The highest BCUT2D eigenvalue weighted by molar-refractivity contribution is 4.88. The maximum absolute atomic E-state index is 10.4. The van der Waals surface area contributed by atoms with Crippen molar-refractivity contribution in [3.05, 3.63) is 0 Å². The van der Waals surface area contributed by atoms with Crippen molar-refractivity contribution in [1.29, 1.82) is 0 Å². The minimum atomic E-state index is -0.469. The van der Waals surface area contributed by atoms with Gasteiger partial charge in [-0.25, -0.2) is 0 Å². The van der Waals surface area contributed by atoms with Crippen LogP contribution in [0, 0.1) is 0 Å². The third kappa shape index (κ3) is 4.92. The Hall–Kier alpha value is -0.160. The zero-order valence-corrected chi connectivity index (χ0v) is 11.3. The standard InChI is InChI=1S/C13H28N2O2/c1-15(11-13(16)7-3-4-8-13)12(10-17-2)6-5-9-14/h12,16H,3-11,14H2,1-2H3. The molecule has 1 aliphatic rings. The molecule has 0 aromatic carbocycles. The molecule has 0 aliphatic heterocycles. The van der Waals surface area contributed by atoms with Gasteiger partial charge < -0.3 is 15.6 Å². The summed E-state index contributed by atoms with van der Waals surface area (Å²) in [5, 5.41) is 10.4. The zero-order valence-electron chi connectivity index (χ0n) is 11.3. The lowest BCUT2D eigenvalue weighted by molar-refractivity contribution is -0.00754. The number of nitrogens with two attached hydrogens (primary N) is 1. The number of hydrogen-bond acceptors (Lipinski definition) is 4. The summed E-state index contributed by atoms with van der Waals surface area (Å²) in [6.07, 6.45) is 6.24. The van der Waals surface area contributed by atoms with Gasteiger partial charge in [-0.2, -0.15) is 0 Å².